The maximum atomic E-state index is 13.6. The molecule has 2 nitrogen and oxygen atoms in total. The van der Waals surface area contributed by atoms with Crippen LogP contribution in [0.5, 0.6) is 0 Å². The average molecular weight is 268 g/mol. The van der Waals surface area contributed by atoms with Gasteiger partial charge in [0.25, 0.3) is 0 Å². The van der Waals surface area contributed by atoms with Crippen LogP contribution in [0.25, 0.3) is 0 Å². The normalized spacial score (nSPS) is 16.9. The van der Waals surface area contributed by atoms with Gasteiger partial charge >= 0.3 is 0 Å². The standard InChI is InChI=1S/C15H22F2N2/c1-2-19(10-11-6-7-11)9-8-14(18)12-4-3-5-13(16)15(12)17/h3-5,11,14H,2,6-10,18H2,1H3. The van der Waals surface area contributed by atoms with E-state index in [9.17, 15) is 8.78 Å². The molecule has 1 unspecified atom stereocenters. The van der Waals surface area contributed by atoms with E-state index >= 15 is 0 Å². The molecule has 2 rings (SSSR count). The van der Waals surface area contributed by atoms with Gasteiger partial charge in [0, 0.05) is 18.2 Å². The highest BCUT2D eigenvalue weighted by Crippen LogP contribution is 2.30. The lowest BCUT2D eigenvalue weighted by Crippen LogP contribution is -2.29. The highest BCUT2D eigenvalue weighted by molar-refractivity contribution is 5.22. The maximum Gasteiger partial charge on any atom is 0.163 e. The minimum Gasteiger partial charge on any atom is -0.324 e. The van der Waals surface area contributed by atoms with E-state index in [1.807, 2.05) is 0 Å². The Morgan fingerprint density at radius 2 is 2.11 bits per heavy atom. The number of rotatable bonds is 7. The maximum absolute atomic E-state index is 13.6. The zero-order valence-electron chi connectivity index (χ0n) is 11.4. The van der Waals surface area contributed by atoms with Crippen LogP contribution in [0.4, 0.5) is 8.78 Å². The van der Waals surface area contributed by atoms with Gasteiger partial charge in [-0.25, -0.2) is 8.78 Å². The molecule has 1 aliphatic carbocycles. The molecule has 4 heteroatoms. The third kappa shape index (κ3) is 3.98. The largest absolute Gasteiger partial charge is 0.324 e. The smallest absolute Gasteiger partial charge is 0.163 e. The summed E-state index contributed by atoms with van der Waals surface area (Å²) >= 11 is 0. The number of nitrogens with two attached hydrogens (primary N) is 1. The fourth-order valence-corrected chi connectivity index (χ4v) is 2.33. The summed E-state index contributed by atoms with van der Waals surface area (Å²) in [5.41, 5.74) is 6.26. The summed E-state index contributed by atoms with van der Waals surface area (Å²) in [6.07, 6.45) is 3.29. The van der Waals surface area contributed by atoms with E-state index in [0.717, 1.165) is 31.6 Å². The van der Waals surface area contributed by atoms with Crippen molar-refractivity contribution in [3.63, 3.8) is 0 Å². The van der Waals surface area contributed by atoms with Gasteiger partial charge in [0.05, 0.1) is 0 Å². The molecule has 1 fully saturated rings. The number of benzene rings is 1. The Morgan fingerprint density at radius 3 is 2.74 bits per heavy atom. The molecule has 0 radical (unpaired) electrons. The van der Waals surface area contributed by atoms with Gasteiger partial charge < -0.3 is 10.6 Å². The van der Waals surface area contributed by atoms with Crippen molar-refractivity contribution in [3.05, 3.63) is 35.4 Å². The monoisotopic (exact) mass is 268 g/mol. The fraction of sp³-hybridized carbons (Fsp3) is 0.600. The molecular formula is C15H22F2N2. The predicted octanol–water partition coefficient (Wildman–Crippen LogP) is 3.09. The summed E-state index contributed by atoms with van der Waals surface area (Å²) in [5.74, 6) is -0.791. The summed E-state index contributed by atoms with van der Waals surface area (Å²) in [5, 5.41) is 0. The van der Waals surface area contributed by atoms with Crippen molar-refractivity contribution in [3.8, 4) is 0 Å². The first-order chi connectivity index (χ1) is 9.11. The van der Waals surface area contributed by atoms with E-state index in [2.05, 4.69) is 11.8 Å². The number of hydrogen-bond donors (Lipinski definition) is 1. The van der Waals surface area contributed by atoms with Crippen LogP contribution in [0.3, 0.4) is 0 Å². The molecule has 1 aromatic carbocycles. The van der Waals surface area contributed by atoms with Crippen LogP contribution in [0.1, 0.15) is 37.8 Å². The first-order valence-corrected chi connectivity index (χ1v) is 7.03. The molecule has 19 heavy (non-hydrogen) atoms. The summed E-state index contributed by atoms with van der Waals surface area (Å²) in [6, 6.07) is 3.76. The SMILES string of the molecule is CCN(CCC(N)c1cccc(F)c1F)CC1CC1. The molecule has 0 spiro atoms. The molecule has 1 atom stereocenters. The van der Waals surface area contributed by atoms with Gasteiger partial charge in [-0.3, -0.25) is 0 Å². The predicted molar refractivity (Wildman–Crippen MR) is 72.7 cm³/mol. The van der Waals surface area contributed by atoms with Crippen LogP contribution in [0, 0.1) is 17.6 Å². The quantitative estimate of drug-likeness (QED) is 0.823. The highest BCUT2D eigenvalue weighted by Gasteiger charge is 2.24. The van der Waals surface area contributed by atoms with Crippen LogP contribution >= 0.6 is 0 Å². The van der Waals surface area contributed by atoms with Gasteiger partial charge in [-0.2, -0.15) is 0 Å². The molecule has 106 valence electrons. The molecular weight excluding hydrogens is 246 g/mol. The zero-order valence-corrected chi connectivity index (χ0v) is 11.4. The van der Waals surface area contributed by atoms with E-state index < -0.39 is 17.7 Å². The average Bonchev–Trinajstić information content (AvgIpc) is 3.21. The molecule has 0 amide bonds. The molecule has 0 heterocycles. The molecule has 2 N–H and O–H groups in total. The Balaban J connectivity index is 1.88. The van der Waals surface area contributed by atoms with Gasteiger partial charge in [0.2, 0.25) is 0 Å². The van der Waals surface area contributed by atoms with Crippen molar-refractivity contribution >= 4 is 0 Å². The lowest BCUT2D eigenvalue weighted by Gasteiger charge is -2.22. The second-order valence-electron chi connectivity index (χ2n) is 5.37. The van der Waals surface area contributed by atoms with Crippen molar-refractivity contribution in [2.24, 2.45) is 11.7 Å². The lowest BCUT2D eigenvalue weighted by molar-refractivity contribution is 0.265. The minimum atomic E-state index is -0.821. The van der Waals surface area contributed by atoms with E-state index in [1.54, 1.807) is 6.07 Å². The Morgan fingerprint density at radius 1 is 1.37 bits per heavy atom. The molecule has 1 saturated carbocycles. The van der Waals surface area contributed by atoms with Gasteiger partial charge in [-0.1, -0.05) is 19.1 Å². The van der Waals surface area contributed by atoms with Gasteiger partial charge in [-0.05, 0) is 44.3 Å². The Bertz CT molecular complexity index is 419. The highest BCUT2D eigenvalue weighted by atomic mass is 19.2. The summed E-state index contributed by atoms with van der Waals surface area (Å²) < 4.78 is 26.8. The van der Waals surface area contributed by atoms with Crippen molar-refractivity contribution in [1.29, 1.82) is 0 Å². The molecule has 0 bridgehead atoms. The van der Waals surface area contributed by atoms with Crippen molar-refractivity contribution < 1.29 is 8.78 Å². The first kappa shape index (κ1) is 14.4. The van der Waals surface area contributed by atoms with Gasteiger partial charge in [0.15, 0.2) is 11.6 Å². The lowest BCUT2D eigenvalue weighted by atomic mass is 10.0. The number of nitrogens with zero attached hydrogens (tertiary/aromatic N) is 1. The Kier molecular flexibility index (Phi) is 4.88. The summed E-state index contributed by atoms with van der Waals surface area (Å²) in [7, 11) is 0. The molecule has 1 aromatic rings. The van der Waals surface area contributed by atoms with Crippen LogP contribution < -0.4 is 5.73 Å². The van der Waals surface area contributed by atoms with Crippen LogP contribution in [0.15, 0.2) is 18.2 Å². The third-order valence-corrected chi connectivity index (χ3v) is 3.80. The summed E-state index contributed by atoms with van der Waals surface area (Å²) in [6.45, 7) is 5.05. The van der Waals surface area contributed by atoms with Crippen molar-refractivity contribution in [2.75, 3.05) is 19.6 Å². The van der Waals surface area contributed by atoms with E-state index in [0.29, 0.717) is 6.42 Å². The van der Waals surface area contributed by atoms with Crippen LogP contribution in [-0.2, 0) is 0 Å². The number of halogens is 2. The van der Waals surface area contributed by atoms with Gasteiger partial charge in [0.1, 0.15) is 0 Å². The van der Waals surface area contributed by atoms with Gasteiger partial charge in [-0.15, -0.1) is 0 Å². The van der Waals surface area contributed by atoms with Crippen molar-refractivity contribution in [1.82, 2.24) is 4.90 Å². The zero-order chi connectivity index (χ0) is 13.8. The Hall–Kier alpha value is -1.00. The molecule has 0 aliphatic heterocycles. The topological polar surface area (TPSA) is 29.3 Å². The van der Waals surface area contributed by atoms with Crippen molar-refractivity contribution in [2.45, 2.75) is 32.2 Å². The van der Waals surface area contributed by atoms with E-state index in [1.165, 1.54) is 18.9 Å². The fourth-order valence-electron chi connectivity index (χ4n) is 2.33. The molecule has 0 aromatic heterocycles. The minimum absolute atomic E-state index is 0.280. The second-order valence-corrected chi connectivity index (χ2v) is 5.37. The number of hydrogen-bond acceptors (Lipinski definition) is 2. The summed E-state index contributed by atoms with van der Waals surface area (Å²) in [4.78, 5) is 2.34. The van der Waals surface area contributed by atoms with E-state index in [4.69, 9.17) is 5.73 Å². The third-order valence-electron chi connectivity index (χ3n) is 3.80. The van der Waals surface area contributed by atoms with Crippen LogP contribution in [-0.4, -0.2) is 24.5 Å². The molecule has 1 aliphatic rings. The van der Waals surface area contributed by atoms with Crippen LogP contribution in [0.2, 0.25) is 0 Å². The molecule has 0 saturated heterocycles. The Labute approximate surface area is 113 Å². The first-order valence-electron chi connectivity index (χ1n) is 7.03. The van der Waals surface area contributed by atoms with E-state index in [-0.39, 0.29) is 5.56 Å². The second kappa shape index (κ2) is 6.44.